The van der Waals surface area contributed by atoms with Crippen LogP contribution in [0.5, 0.6) is 0 Å². The highest BCUT2D eigenvalue weighted by atomic mass is 32.2. The van der Waals surface area contributed by atoms with Crippen molar-refractivity contribution in [2.75, 3.05) is 33.4 Å². The van der Waals surface area contributed by atoms with Gasteiger partial charge in [0, 0.05) is 32.2 Å². The third-order valence-electron chi connectivity index (χ3n) is 5.59. The third-order valence-corrected chi connectivity index (χ3v) is 7.41. The fraction of sp³-hybridized carbons (Fsp3) is 0.364. The summed E-state index contributed by atoms with van der Waals surface area (Å²) < 4.78 is 45.2. The van der Waals surface area contributed by atoms with E-state index in [2.05, 4.69) is 5.32 Å². The maximum Gasteiger partial charge on any atom is 0.243 e. The predicted octanol–water partition coefficient (Wildman–Crippen LogP) is 2.18. The fourth-order valence-corrected chi connectivity index (χ4v) is 4.75. The van der Waals surface area contributed by atoms with Crippen LogP contribution >= 0.6 is 0 Å². The lowest BCUT2D eigenvalue weighted by molar-refractivity contribution is -0.121. The molecule has 0 unspecified atom stereocenters. The maximum absolute atomic E-state index is 13.4. The first-order valence-corrected chi connectivity index (χ1v) is 11.3. The Morgan fingerprint density at radius 2 is 1.77 bits per heavy atom. The molecule has 31 heavy (non-hydrogen) atoms. The molecule has 2 aromatic carbocycles. The molecule has 1 saturated heterocycles. The van der Waals surface area contributed by atoms with Gasteiger partial charge in [-0.05, 0) is 54.8 Å². The number of nitrogens with one attached hydrogen (secondary N) is 1. The van der Waals surface area contributed by atoms with Gasteiger partial charge in [-0.25, -0.2) is 12.8 Å². The van der Waals surface area contributed by atoms with E-state index in [1.165, 1.54) is 43.4 Å². The van der Waals surface area contributed by atoms with Gasteiger partial charge in [0.05, 0.1) is 23.1 Å². The Hall–Kier alpha value is -2.80. The topological polar surface area (TPSA) is 99.5 Å². The molecular weight excluding hydrogens is 421 g/mol. The summed E-state index contributed by atoms with van der Waals surface area (Å²) in [6.45, 7) is 1.00. The van der Waals surface area contributed by atoms with E-state index in [9.17, 15) is 17.6 Å². The first-order chi connectivity index (χ1) is 14.8. The lowest BCUT2D eigenvalue weighted by atomic mass is 9.74. The first kappa shape index (κ1) is 22.9. The van der Waals surface area contributed by atoms with Crippen LogP contribution in [0, 0.1) is 17.1 Å². The molecule has 0 saturated carbocycles. The molecule has 3 rings (SSSR count). The van der Waals surface area contributed by atoms with Crippen LogP contribution in [0.2, 0.25) is 0 Å². The van der Waals surface area contributed by atoms with Gasteiger partial charge in [-0.15, -0.1) is 0 Å². The molecule has 7 nitrogen and oxygen atoms in total. The van der Waals surface area contributed by atoms with Crippen LogP contribution in [0.25, 0.3) is 0 Å². The van der Waals surface area contributed by atoms with E-state index >= 15 is 0 Å². The molecule has 1 fully saturated rings. The molecule has 0 aliphatic carbocycles. The summed E-state index contributed by atoms with van der Waals surface area (Å²) in [6, 6.07) is 13.7. The Morgan fingerprint density at radius 1 is 1.16 bits per heavy atom. The highest BCUT2D eigenvalue weighted by Crippen LogP contribution is 2.34. The minimum Gasteiger partial charge on any atom is -0.381 e. The summed E-state index contributed by atoms with van der Waals surface area (Å²) in [4.78, 5) is 12.6. The number of nitrogens with zero attached hydrogens (tertiary/aromatic N) is 2. The summed E-state index contributed by atoms with van der Waals surface area (Å²) in [5, 5.41) is 11.7. The number of hydrogen-bond acceptors (Lipinski definition) is 5. The van der Waals surface area contributed by atoms with Gasteiger partial charge < -0.3 is 10.1 Å². The monoisotopic (exact) mass is 445 g/mol. The normalized spacial score (nSPS) is 15.9. The van der Waals surface area contributed by atoms with Crippen molar-refractivity contribution in [2.24, 2.45) is 0 Å². The molecule has 0 bridgehead atoms. The number of benzene rings is 2. The zero-order chi connectivity index (χ0) is 22.5. The van der Waals surface area contributed by atoms with Crippen molar-refractivity contribution in [1.82, 2.24) is 9.62 Å². The minimum atomic E-state index is -3.87. The second kappa shape index (κ2) is 9.56. The number of amides is 1. The van der Waals surface area contributed by atoms with Crippen molar-refractivity contribution in [3.05, 3.63) is 65.5 Å². The predicted molar refractivity (Wildman–Crippen MR) is 112 cm³/mol. The van der Waals surface area contributed by atoms with E-state index in [4.69, 9.17) is 10.00 Å². The van der Waals surface area contributed by atoms with Crippen molar-refractivity contribution in [1.29, 1.82) is 5.26 Å². The molecule has 2 aromatic rings. The third kappa shape index (κ3) is 5.28. The molecule has 1 N–H and O–H groups in total. The molecule has 0 radical (unpaired) electrons. The van der Waals surface area contributed by atoms with Crippen LogP contribution in [0.3, 0.4) is 0 Å². The zero-order valence-corrected chi connectivity index (χ0v) is 18.0. The highest BCUT2D eigenvalue weighted by molar-refractivity contribution is 7.89. The summed E-state index contributed by atoms with van der Waals surface area (Å²) in [5.41, 5.74) is 0.865. The van der Waals surface area contributed by atoms with Crippen molar-refractivity contribution in [3.8, 4) is 6.07 Å². The number of hydrogen-bond donors (Lipinski definition) is 1. The average molecular weight is 446 g/mol. The Kier molecular flexibility index (Phi) is 7.05. The fourth-order valence-electron chi connectivity index (χ4n) is 3.63. The molecule has 0 spiro atoms. The zero-order valence-electron chi connectivity index (χ0n) is 17.2. The van der Waals surface area contributed by atoms with Crippen molar-refractivity contribution < 1.29 is 22.3 Å². The van der Waals surface area contributed by atoms with Crippen LogP contribution in [0.1, 0.15) is 24.0 Å². The van der Waals surface area contributed by atoms with Gasteiger partial charge in [0.1, 0.15) is 5.82 Å². The van der Waals surface area contributed by atoms with Crippen LogP contribution in [-0.2, 0) is 25.0 Å². The van der Waals surface area contributed by atoms with Gasteiger partial charge >= 0.3 is 0 Å². The first-order valence-electron chi connectivity index (χ1n) is 9.84. The van der Waals surface area contributed by atoms with Gasteiger partial charge in [0.2, 0.25) is 15.9 Å². The van der Waals surface area contributed by atoms with E-state index in [0.717, 1.165) is 9.87 Å². The Morgan fingerprint density at radius 3 is 2.35 bits per heavy atom. The molecule has 164 valence electrons. The number of carbonyl (C=O) groups is 1. The Bertz CT molecular complexity index is 1060. The second-order valence-corrected chi connectivity index (χ2v) is 9.62. The van der Waals surface area contributed by atoms with Gasteiger partial charge in [-0.1, -0.05) is 12.1 Å². The lowest BCUT2D eigenvalue weighted by Crippen LogP contribution is -2.47. The maximum atomic E-state index is 13.4. The van der Waals surface area contributed by atoms with Gasteiger partial charge in [0.25, 0.3) is 0 Å². The quantitative estimate of drug-likeness (QED) is 0.704. The average Bonchev–Trinajstić information content (AvgIpc) is 2.78. The summed E-state index contributed by atoms with van der Waals surface area (Å²) in [7, 11) is -2.54. The number of ether oxygens (including phenoxy) is 1. The molecule has 0 atom stereocenters. The number of likely N-dealkylation sites (N-methyl/N-ethyl adjacent to an activating group) is 1. The van der Waals surface area contributed by atoms with E-state index in [1.807, 2.05) is 6.07 Å². The lowest BCUT2D eigenvalue weighted by Gasteiger charge is -2.38. The number of rotatable bonds is 7. The Labute approximate surface area is 181 Å². The molecule has 1 heterocycles. The van der Waals surface area contributed by atoms with Crippen LogP contribution < -0.4 is 5.32 Å². The SMILES string of the molecule is CN(CC(=O)NCC1(c2ccc(F)cc2)CCOCC1)S(=O)(=O)c1ccc(C#N)cc1. The highest BCUT2D eigenvalue weighted by Gasteiger charge is 2.35. The standard InChI is InChI=1S/C22H24FN3O4S/c1-26(31(28,29)20-8-2-17(14-24)3-9-20)15-21(27)25-16-22(10-12-30-13-11-22)18-4-6-19(23)7-5-18/h2-9H,10-13,15-16H2,1H3,(H,25,27). The minimum absolute atomic E-state index is 0.00834. The smallest absolute Gasteiger partial charge is 0.243 e. The molecule has 1 aliphatic rings. The van der Waals surface area contributed by atoms with Crippen molar-refractivity contribution in [2.45, 2.75) is 23.2 Å². The van der Waals surface area contributed by atoms with Gasteiger partial charge in [-0.2, -0.15) is 9.57 Å². The van der Waals surface area contributed by atoms with E-state index in [-0.39, 0.29) is 17.3 Å². The largest absolute Gasteiger partial charge is 0.381 e. The summed E-state index contributed by atoms with van der Waals surface area (Å²) in [5.74, 6) is -0.766. The van der Waals surface area contributed by atoms with E-state index in [1.54, 1.807) is 12.1 Å². The van der Waals surface area contributed by atoms with Crippen LogP contribution in [0.4, 0.5) is 4.39 Å². The molecule has 9 heteroatoms. The number of nitriles is 1. The van der Waals surface area contributed by atoms with Crippen molar-refractivity contribution >= 4 is 15.9 Å². The number of carbonyl (C=O) groups excluding carboxylic acids is 1. The summed E-state index contributed by atoms with van der Waals surface area (Å²) in [6.07, 6.45) is 1.33. The van der Waals surface area contributed by atoms with Crippen LogP contribution in [0.15, 0.2) is 53.4 Å². The van der Waals surface area contributed by atoms with E-state index in [0.29, 0.717) is 38.2 Å². The Balaban J connectivity index is 1.67. The van der Waals surface area contributed by atoms with Gasteiger partial charge in [0.15, 0.2) is 0 Å². The van der Waals surface area contributed by atoms with E-state index < -0.39 is 21.3 Å². The molecule has 1 aliphatic heterocycles. The summed E-state index contributed by atoms with van der Waals surface area (Å²) >= 11 is 0. The van der Waals surface area contributed by atoms with Crippen LogP contribution in [-0.4, -0.2) is 52.0 Å². The van der Waals surface area contributed by atoms with Gasteiger partial charge in [-0.3, -0.25) is 4.79 Å². The molecule has 1 amide bonds. The number of sulfonamides is 1. The molecular formula is C22H24FN3O4S. The molecule has 0 aromatic heterocycles. The number of halogens is 1. The second-order valence-electron chi connectivity index (χ2n) is 7.57. The van der Waals surface area contributed by atoms with Crippen molar-refractivity contribution in [3.63, 3.8) is 0 Å².